The molecule has 0 saturated carbocycles. The molecule has 0 saturated heterocycles. The zero-order valence-electron chi connectivity index (χ0n) is 8.80. The second kappa shape index (κ2) is 5.49. The average molecular weight is 240 g/mol. The zero-order chi connectivity index (χ0) is 12.0. The van der Waals surface area contributed by atoms with Crippen LogP contribution in [0.4, 0.5) is 0 Å². The summed E-state index contributed by atoms with van der Waals surface area (Å²) in [5.74, 6) is 0.613. The SMILES string of the molecule is CCOc1ccc(S(=O)(=O)NCC#N)cc1. The van der Waals surface area contributed by atoms with Gasteiger partial charge in [0.15, 0.2) is 0 Å². The number of hydrogen-bond donors (Lipinski definition) is 1. The van der Waals surface area contributed by atoms with Gasteiger partial charge in [0.1, 0.15) is 5.75 Å². The lowest BCUT2D eigenvalue weighted by atomic mass is 10.3. The molecule has 1 aromatic rings. The molecule has 0 aromatic heterocycles. The molecule has 0 unspecified atom stereocenters. The maximum absolute atomic E-state index is 11.6. The highest BCUT2D eigenvalue weighted by Crippen LogP contribution is 2.15. The van der Waals surface area contributed by atoms with Crippen LogP contribution < -0.4 is 9.46 Å². The first-order valence-corrected chi connectivity index (χ1v) is 6.18. The Morgan fingerprint density at radius 3 is 2.50 bits per heavy atom. The predicted octanol–water partition coefficient (Wildman–Crippen LogP) is 0.887. The van der Waals surface area contributed by atoms with Gasteiger partial charge in [-0.05, 0) is 31.2 Å². The first kappa shape index (κ1) is 12.5. The minimum Gasteiger partial charge on any atom is -0.494 e. The number of sulfonamides is 1. The molecule has 0 fully saturated rings. The van der Waals surface area contributed by atoms with Crippen LogP contribution in [0.3, 0.4) is 0 Å². The Bertz CT molecular complexity index is 474. The first-order valence-electron chi connectivity index (χ1n) is 4.69. The maximum Gasteiger partial charge on any atom is 0.241 e. The highest BCUT2D eigenvalue weighted by molar-refractivity contribution is 7.89. The van der Waals surface area contributed by atoms with Crippen molar-refractivity contribution in [3.63, 3.8) is 0 Å². The van der Waals surface area contributed by atoms with E-state index in [0.29, 0.717) is 12.4 Å². The Hall–Kier alpha value is -1.58. The van der Waals surface area contributed by atoms with E-state index in [-0.39, 0.29) is 11.4 Å². The number of hydrogen-bond acceptors (Lipinski definition) is 4. The van der Waals surface area contributed by atoms with Crippen molar-refractivity contribution in [2.75, 3.05) is 13.2 Å². The van der Waals surface area contributed by atoms with E-state index in [1.807, 2.05) is 6.92 Å². The Morgan fingerprint density at radius 2 is 2.00 bits per heavy atom. The van der Waals surface area contributed by atoms with E-state index in [2.05, 4.69) is 4.72 Å². The Balaban J connectivity index is 2.85. The summed E-state index contributed by atoms with van der Waals surface area (Å²) in [6.45, 7) is 2.13. The molecular formula is C10H12N2O3S. The Kier molecular flexibility index (Phi) is 4.28. The monoisotopic (exact) mass is 240 g/mol. The van der Waals surface area contributed by atoms with E-state index in [1.54, 1.807) is 18.2 Å². The molecule has 16 heavy (non-hydrogen) atoms. The van der Waals surface area contributed by atoms with Crippen molar-refractivity contribution in [3.8, 4) is 11.8 Å². The van der Waals surface area contributed by atoms with Crippen molar-refractivity contribution in [1.29, 1.82) is 5.26 Å². The molecule has 1 N–H and O–H groups in total. The Labute approximate surface area is 94.7 Å². The second-order valence-electron chi connectivity index (χ2n) is 2.89. The molecule has 5 nitrogen and oxygen atoms in total. The average Bonchev–Trinajstić information content (AvgIpc) is 2.28. The molecule has 0 aliphatic heterocycles. The van der Waals surface area contributed by atoms with Crippen LogP contribution in [-0.2, 0) is 10.0 Å². The van der Waals surface area contributed by atoms with Gasteiger partial charge in [-0.1, -0.05) is 0 Å². The number of nitrogens with one attached hydrogen (secondary N) is 1. The van der Waals surface area contributed by atoms with Crippen molar-refractivity contribution in [2.45, 2.75) is 11.8 Å². The number of ether oxygens (including phenoxy) is 1. The predicted molar refractivity (Wildman–Crippen MR) is 58.4 cm³/mol. The first-order chi connectivity index (χ1) is 7.60. The van der Waals surface area contributed by atoms with E-state index in [4.69, 9.17) is 10.00 Å². The number of nitrogens with zero attached hydrogens (tertiary/aromatic N) is 1. The van der Waals surface area contributed by atoms with E-state index < -0.39 is 10.0 Å². The molecule has 0 bridgehead atoms. The highest BCUT2D eigenvalue weighted by atomic mass is 32.2. The van der Waals surface area contributed by atoms with Crippen LogP contribution in [0.2, 0.25) is 0 Å². The van der Waals surface area contributed by atoms with Crippen molar-refractivity contribution < 1.29 is 13.2 Å². The molecule has 0 aliphatic rings. The summed E-state index contributed by atoms with van der Waals surface area (Å²) in [6, 6.07) is 7.73. The normalized spacial score (nSPS) is 10.8. The van der Waals surface area contributed by atoms with Gasteiger partial charge in [-0.15, -0.1) is 0 Å². The molecule has 6 heteroatoms. The van der Waals surface area contributed by atoms with Crippen molar-refractivity contribution >= 4 is 10.0 Å². The van der Waals surface area contributed by atoms with Crippen LogP contribution in [-0.4, -0.2) is 21.6 Å². The fourth-order valence-electron chi connectivity index (χ4n) is 1.09. The van der Waals surface area contributed by atoms with Gasteiger partial charge in [0, 0.05) is 0 Å². The fraction of sp³-hybridized carbons (Fsp3) is 0.300. The number of benzene rings is 1. The summed E-state index contributed by atoms with van der Waals surface area (Å²) in [7, 11) is -3.58. The van der Waals surface area contributed by atoms with Crippen LogP contribution in [0.5, 0.6) is 5.75 Å². The molecule has 0 spiro atoms. The van der Waals surface area contributed by atoms with Crippen LogP contribution in [0, 0.1) is 11.3 Å². The smallest absolute Gasteiger partial charge is 0.241 e. The van der Waals surface area contributed by atoms with Gasteiger partial charge in [-0.2, -0.15) is 9.98 Å². The lowest BCUT2D eigenvalue weighted by molar-refractivity contribution is 0.340. The van der Waals surface area contributed by atoms with Crippen LogP contribution in [0.1, 0.15) is 6.92 Å². The van der Waals surface area contributed by atoms with Gasteiger partial charge >= 0.3 is 0 Å². The number of rotatable bonds is 5. The largest absolute Gasteiger partial charge is 0.494 e. The van der Waals surface area contributed by atoms with Crippen molar-refractivity contribution in [2.24, 2.45) is 0 Å². The van der Waals surface area contributed by atoms with E-state index >= 15 is 0 Å². The van der Waals surface area contributed by atoms with Crippen LogP contribution in [0.15, 0.2) is 29.2 Å². The maximum atomic E-state index is 11.6. The van der Waals surface area contributed by atoms with E-state index in [0.717, 1.165) is 0 Å². The third-order valence-corrected chi connectivity index (χ3v) is 3.20. The summed E-state index contributed by atoms with van der Waals surface area (Å²) in [5, 5.41) is 8.29. The molecule has 0 atom stereocenters. The molecular weight excluding hydrogens is 228 g/mol. The van der Waals surface area contributed by atoms with Crippen LogP contribution in [0.25, 0.3) is 0 Å². The van der Waals surface area contributed by atoms with Gasteiger partial charge in [-0.3, -0.25) is 0 Å². The molecule has 0 aliphatic carbocycles. The summed E-state index contributed by atoms with van der Waals surface area (Å²) in [6.07, 6.45) is 0. The molecule has 1 aromatic carbocycles. The fourth-order valence-corrected chi connectivity index (χ4v) is 2.01. The molecule has 0 amide bonds. The van der Waals surface area contributed by atoms with Crippen LogP contribution >= 0.6 is 0 Å². The third-order valence-electron chi connectivity index (χ3n) is 1.79. The quantitative estimate of drug-likeness (QED) is 0.775. The standard InChI is InChI=1S/C10H12N2O3S/c1-2-15-9-3-5-10(6-4-9)16(13,14)12-8-7-11/h3-6,12H,2,8H2,1H3. The third kappa shape index (κ3) is 3.22. The van der Waals surface area contributed by atoms with Gasteiger partial charge in [0.25, 0.3) is 0 Å². The molecule has 86 valence electrons. The van der Waals surface area contributed by atoms with Gasteiger partial charge in [0.05, 0.1) is 24.1 Å². The minimum atomic E-state index is -3.58. The molecule has 1 rings (SSSR count). The summed E-state index contributed by atoms with van der Waals surface area (Å²) in [5.41, 5.74) is 0. The molecule has 0 radical (unpaired) electrons. The van der Waals surface area contributed by atoms with Crippen molar-refractivity contribution in [3.05, 3.63) is 24.3 Å². The number of nitriles is 1. The Morgan fingerprint density at radius 1 is 1.38 bits per heavy atom. The van der Waals surface area contributed by atoms with E-state index in [9.17, 15) is 8.42 Å². The summed E-state index contributed by atoms with van der Waals surface area (Å²) in [4.78, 5) is 0.117. The van der Waals surface area contributed by atoms with E-state index in [1.165, 1.54) is 12.1 Å². The minimum absolute atomic E-state index is 0.117. The van der Waals surface area contributed by atoms with Gasteiger partial charge < -0.3 is 4.74 Å². The highest BCUT2D eigenvalue weighted by Gasteiger charge is 2.12. The lowest BCUT2D eigenvalue weighted by Gasteiger charge is -2.05. The van der Waals surface area contributed by atoms with Gasteiger partial charge in [-0.25, -0.2) is 8.42 Å². The summed E-state index contributed by atoms with van der Waals surface area (Å²) < 4.78 is 30.4. The lowest BCUT2D eigenvalue weighted by Crippen LogP contribution is -2.23. The summed E-state index contributed by atoms with van der Waals surface area (Å²) >= 11 is 0. The second-order valence-corrected chi connectivity index (χ2v) is 4.65. The topological polar surface area (TPSA) is 79.2 Å². The molecule has 0 heterocycles. The van der Waals surface area contributed by atoms with Crippen molar-refractivity contribution in [1.82, 2.24) is 4.72 Å². The van der Waals surface area contributed by atoms with Gasteiger partial charge in [0.2, 0.25) is 10.0 Å². The zero-order valence-corrected chi connectivity index (χ0v) is 9.62.